The molecule has 0 aliphatic heterocycles. The molecule has 0 amide bonds. The third-order valence-electron chi connectivity index (χ3n) is 11.4. The lowest BCUT2D eigenvalue weighted by molar-refractivity contribution is 0.838. The van der Waals surface area contributed by atoms with E-state index in [9.17, 15) is 0 Å². The van der Waals surface area contributed by atoms with E-state index in [4.69, 9.17) is 0 Å². The van der Waals surface area contributed by atoms with E-state index < -0.39 is 16.1 Å². The minimum atomic E-state index is -1.87. The molecule has 0 radical (unpaired) electrons. The number of rotatable bonds is 6. The first-order valence-corrected chi connectivity index (χ1v) is 23.5. The summed E-state index contributed by atoms with van der Waals surface area (Å²) >= 11 is 3.95. The second-order valence-corrected chi connectivity index (χ2v) is 28.6. The molecule has 2 aliphatic carbocycles. The molecule has 0 nitrogen and oxygen atoms in total. The van der Waals surface area contributed by atoms with Crippen LogP contribution in [-0.4, -0.2) is 16.1 Å². The van der Waals surface area contributed by atoms with E-state index in [0.29, 0.717) is 33.2 Å². The monoisotopic (exact) mass is 674 g/mol. The van der Waals surface area contributed by atoms with Crippen LogP contribution >= 0.6 is 22.7 Å². The molecule has 0 bridgehead atoms. The van der Waals surface area contributed by atoms with Crippen molar-refractivity contribution in [3.8, 4) is 45.2 Å². The van der Waals surface area contributed by atoms with Crippen molar-refractivity contribution in [2.75, 3.05) is 0 Å². The van der Waals surface area contributed by atoms with Crippen molar-refractivity contribution >= 4 is 59.4 Å². The molecular weight excluding hydrogens is 625 g/mol. The number of benzene rings is 2. The Morgan fingerprint density at radius 3 is 1.00 bits per heavy atom. The second-order valence-electron chi connectivity index (χ2n) is 15.4. The van der Waals surface area contributed by atoms with E-state index >= 15 is 0 Å². The van der Waals surface area contributed by atoms with Gasteiger partial charge in [0.25, 0.3) is 0 Å². The molecule has 2 heterocycles. The molecule has 2 aromatic heterocycles. The van der Waals surface area contributed by atoms with Gasteiger partial charge in [-0.2, -0.15) is 0 Å². The molecule has 0 fully saturated rings. The zero-order valence-corrected chi connectivity index (χ0v) is 33.5. The highest BCUT2D eigenvalue weighted by Gasteiger charge is 2.43. The lowest BCUT2D eigenvalue weighted by atomic mass is 10.0. The van der Waals surface area contributed by atoms with Gasteiger partial charge in [-0.1, -0.05) is 143 Å². The maximum Gasteiger partial charge on any atom is 0.146 e. The van der Waals surface area contributed by atoms with Crippen LogP contribution in [0.3, 0.4) is 0 Å². The van der Waals surface area contributed by atoms with Gasteiger partial charge in [0.15, 0.2) is 0 Å². The van der Waals surface area contributed by atoms with Gasteiger partial charge in [-0.3, -0.25) is 0 Å². The number of hydrogen-bond acceptors (Lipinski definition) is 2. The summed E-state index contributed by atoms with van der Waals surface area (Å²) in [6, 6.07) is 18.0. The average Bonchev–Trinajstić information content (AvgIpc) is 3.69. The Kier molecular flexibility index (Phi) is 8.78. The molecule has 0 unspecified atom stereocenters. The molecule has 238 valence electrons. The van der Waals surface area contributed by atoms with Crippen molar-refractivity contribution in [1.82, 2.24) is 0 Å². The molecule has 4 aromatic rings. The van der Waals surface area contributed by atoms with Gasteiger partial charge in [-0.15, -0.1) is 33.8 Å². The van der Waals surface area contributed by atoms with E-state index in [1.54, 1.807) is 0 Å². The van der Waals surface area contributed by atoms with Gasteiger partial charge in [-0.25, -0.2) is 0 Å². The van der Waals surface area contributed by atoms with Crippen LogP contribution in [0.25, 0.3) is 42.8 Å². The Hall–Kier alpha value is -2.61. The van der Waals surface area contributed by atoms with Crippen molar-refractivity contribution in [3.05, 3.63) is 68.7 Å². The smallest absolute Gasteiger partial charge is 0.132 e. The second kappa shape index (κ2) is 12.1. The van der Waals surface area contributed by atoms with Crippen LogP contribution in [0.4, 0.5) is 0 Å². The number of hydrogen-bond donors (Lipinski definition) is 0. The fourth-order valence-electron chi connectivity index (χ4n) is 9.31. The molecule has 0 atom stereocenters. The lowest BCUT2D eigenvalue weighted by Gasteiger charge is -2.38. The topological polar surface area (TPSA) is 0 Å². The zero-order valence-electron chi connectivity index (χ0n) is 29.9. The highest BCUT2D eigenvalue weighted by Crippen LogP contribution is 2.48. The van der Waals surface area contributed by atoms with Crippen LogP contribution in [0.2, 0.25) is 33.2 Å². The Morgan fingerprint density at radius 1 is 0.435 bits per heavy atom. The molecule has 0 spiro atoms. The predicted molar refractivity (Wildman–Crippen MR) is 212 cm³/mol. The lowest BCUT2D eigenvalue weighted by Crippen LogP contribution is -2.43. The van der Waals surface area contributed by atoms with E-state index in [-0.39, 0.29) is 0 Å². The summed E-state index contributed by atoms with van der Waals surface area (Å²) in [5.74, 6) is 7.83. The molecule has 46 heavy (non-hydrogen) atoms. The summed E-state index contributed by atoms with van der Waals surface area (Å²) in [7, 11) is -3.75. The Balaban J connectivity index is 1.66. The van der Waals surface area contributed by atoms with Crippen LogP contribution in [-0.2, 0) is 0 Å². The molecule has 2 aliphatic rings. The first kappa shape index (κ1) is 33.3. The average molecular weight is 675 g/mol. The minimum absolute atomic E-state index is 0.613. The Bertz CT molecular complexity index is 1900. The SMILES string of the molecule is CC(C)[Si](C#CC1=c2sc3c4c(sc3c2-c2ccccc21)=C(C#C[Si](C(C)C)(C(C)C)C(C)C)c1ccccc1-4)(C(C)C)C(C)C. The molecule has 0 saturated heterocycles. The third-order valence-corrected chi connectivity index (χ3v) is 26.6. The highest BCUT2D eigenvalue weighted by atomic mass is 32.1. The van der Waals surface area contributed by atoms with Gasteiger partial charge < -0.3 is 0 Å². The number of fused-ring (bicyclic) bond motifs is 9. The van der Waals surface area contributed by atoms with Crippen LogP contribution in [0.15, 0.2) is 48.5 Å². The summed E-state index contributed by atoms with van der Waals surface area (Å²) < 4.78 is 5.59. The van der Waals surface area contributed by atoms with E-state index in [1.807, 2.05) is 22.7 Å². The summed E-state index contributed by atoms with van der Waals surface area (Å²) in [6.45, 7) is 28.9. The fourth-order valence-corrected chi connectivity index (χ4v) is 22.7. The van der Waals surface area contributed by atoms with Gasteiger partial charge in [0.2, 0.25) is 0 Å². The highest BCUT2D eigenvalue weighted by molar-refractivity contribution is 7.28. The minimum Gasteiger partial charge on any atom is -0.132 e. The maximum absolute atomic E-state index is 4.07. The Morgan fingerprint density at radius 2 is 0.717 bits per heavy atom. The first-order chi connectivity index (χ1) is 21.8. The van der Waals surface area contributed by atoms with E-state index in [0.717, 1.165) is 0 Å². The number of thiophene rings is 2. The van der Waals surface area contributed by atoms with Crippen molar-refractivity contribution < 1.29 is 0 Å². The molecule has 0 saturated carbocycles. The van der Waals surface area contributed by atoms with Gasteiger partial charge in [0.05, 0.1) is 18.5 Å². The zero-order chi connectivity index (χ0) is 33.3. The molecule has 6 rings (SSSR count). The quantitative estimate of drug-likeness (QED) is 0.141. The normalized spacial score (nSPS) is 14.0. The maximum atomic E-state index is 4.07. The largest absolute Gasteiger partial charge is 0.146 e. The van der Waals surface area contributed by atoms with Crippen LogP contribution in [0.5, 0.6) is 0 Å². The van der Waals surface area contributed by atoms with Crippen LogP contribution < -0.4 is 9.06 Å². The van der Waals surface area contributed by atoms with Gasteiger partial charge in [-0.05, 0) is 55.5 Å². The summed E-state index contributed by atoms with van der Waals surface area (Å²) in [4.78, 5) is 0. The summed E-state index contributed by atoms with van der Waals surface area (Å²) in [5, 5.41) is 0. The van der Waals surface area contributed by atoms with Gasteiger partial charge in [0.1, 0.15) is 16.1 Å². The van der Waals surface area contributed by atoms with Crippen molar-refractivity contribution in [1.29, 1.82) is 0 Å². The van der Waals surface area contributed by atoms with Gasteiger partial charge >= 0.3 is 0 Å². The van der Waals surface area contributed by atoms with E-state index in [2.05, 4.69) is 155 Å². The van der Waals surface area contributed by atoms with Crippen molar-refractivity contribution in [2.24, 2.45) is 0 Å². The predicted octanol–water partition coefficient (Wildman–Crippen LogP) is 11.8. The third kappa shape index (κ3) is 4.74. The van der Waals surface area contributed by atoms with Crippen LogP contribution in [0.1, 0.15) is 94.2 Å². The van der Waals surface area contributed by atoms with Crippen molar-refractivity contribution in [2.45, 2.75) is 116 Å². The Labute approximate surface area is 288 Å². The molecular formula is C42H50S2Si2. The molecule has 4 heteroatoms. The van der Waals surface area contributed by atoms with Gasteiger partial charge in [0, 0.05) is 22.3 Å². The van der Waals surface area contributed by atoms with Crippen LogP contribution in [0, 0.1) is 22.9 Å². The van der Waals surface area contributed by atoms with E-state index in [1.165, 1.54) is 63.0 Å². The first-order valence-electron chi connectivity index (χ1n) is 17.4. The molecule has 0 N–H and O–H groups in total. The van der Waals surface area contributed by atoms with Crippen molar-refractivity contribution in [3.63, 3.8) is 0 Å². The summed E-state index contributed by atoms with van der Waals surface area (Å²) in [6.07, 6.45) is 0. The standard InChI is InChI=1S/C42H50S2Si2/c1-25(2)45(26(3)4,27(5)6)23-21-35-31-17-13-15-19-33(31)37-39(35)43-42-38-34-20-16-14-18-32(34)36(40(38)44-41(37)42)22-24-46(28(7)8,29(9)10)30(11)12/h13-20,25-30H,1-12H3. The summed E-state index contributed by atoms with van der Waals surface area (Å²) in [5.41, 5.74) is 22.5. The fraction of sp³-hybridized carbons (Fsp3) is 0.429. The molecule has 2 aromatic carbocycles.